The molecule has 1 aliphatic rings. The standard InChI is InChI=1S/C12H20N4OS/c1-16-4-2-9(3-5-16)14-11(17)6-10-8-18-12(7-13)15-10/h8-9H,2-7,13H2,1H3,(H,14,17). The highest BCUT2D eigenvalue weighted by molar-refractivity contribution is 7.09. The molecule has 0 unspecified atom stereocenters. The van der Waals surface area contributed by atoms with Crippen molar-refractivity contribution in [2.24, 2.45) is 5.73 Å². The summed E-state index contributed by atoms with van der Waals surface area (Å²) in [5.74, 6) is 0.0680. The minimum absolute atomic E-state index is 0.0680. The van der Waals surface area contributed by atoms with Crippen LogP contribution < -0.4 is 11.1 Å². The number of rotatable bonds is 4. The quantitative estimate of drug-likeness (QED) is 0.827. The molecule has 1 aromatic heterocycles. The van der Waals surface area contributed by atoms with Crippen LogP contribution in [0.3, 0.4) is 0 Å². The number of carbonyl (C=O) groups is 1. The fourth-order valence-electron chi connectivity index (χ4n) is 2.12. The Hall–Kier alpha value is -0.980. The van der Waals surface area contributed by atoms with E-state index >= 15 is 0 Å². The number of nitrogens with two attached hydrogens (primary N) is 1. The molecule has 3 N–H and O–H groups in total. The number of hydrogen-bond donors (Lipinski definition) is 2. The molecular weight excluding hydrogens is 248 g/mol. The van der Waals surface area contributed by atoms with Crippen LogP contribution in [0.1, 0.15) is 23.5 Å². The molecule has 1 amide bonds. The van der Waals surface area contributed by atoms with Gasteiger partial charge in [0.15, 0.2) is 0 Å². The molecule has 0 aliphatic carbocycles. The van der Waals surface area contributed by atoms with Gasteiger partial charge >= 0.3 is 0 Å². The predicted molar refractivity (Wildman–Crippen MR) is 72.4 cm³/mol. The maximum atomic E-state index is 11.9. The Morgan fingerprint density at radius 1 is 1.61 bits per heavy atom. The van der Waals surface area contributed by atoms with Crippen molar-refractivity contribution in [1.29, 1.82) is 0 Å². The van der Waals surface area contributed by atoms with Crippen LogP contribution in [-0.2, 0) is 17.8 Å². The Morgan fingerprint density at radius 2 is 2.33 bits per heavy atom. The summed E-state index contributed by atoms with van der Waals surface area (Å²) in [4.78, 5) is 18.5. The van der Waals surface area contributed by atoms with Crippen molar-refractivity contribution in [2.75, 3.05) is 20.1 Å². The van der Waals surface area contributed by atoms with Crippen molar-refractivity contribution in [3.63, 3.8) is 0 Å². The minimum Gasteiger partial charge on any atom is -0.353 e. The Balaban J connectivity index is 1.78. The first-order valence-electron chi connectivity index (χ1n) is 6.28. The molecule has 0 atom stereocenters. The molecule has 1 aromatic rings. The highest BCUT2D eigenvalue weighted by Crippen LogP contribution is 2.11. The lowest BCUT2D eigenvalue weighted by atomic mass is 10.1. The van der Waals surface area contributed by atoms with E-state index in [1.807, 2.05) is 5.38 Å². The summed E-state index contributed by atoms with van der Waals surface area (Å²) in [6.07, 6.45) is 2.43. The van der Waals surface area contributed by atoms with Crippen LogP contribution in [0.15, 0.2) is 5.38 Å². The summed E-state index contributed by atoms with van der Waals surface area (Å²) in [5, 5.41) is 5.88. The number of likely N-dealkylation sites (tertiary alicyclic amines) is 1. The lowest BCUT2D eigenvalue weighted by Gasteiger charge is -2.29. The Kier molecular flexibility index (Phi) is 4.68. The van der Waals surface area contributed by atoms with E-state index in [0.717, 1.165) is 36.6 Å². The zero-order valence-electron chi connectivity index (χ0n) is 10.7. The van der Waals surface area contributed by atoms with Gasteiger partial charge in [-0.15, -0.1) is 11.3 Å². The van der Waals surface area contributed by atoms with E-state index in [2.05, 4.69) is 22.2 Å². The van der Waals surface area contributed by atoms with Gasteiger partial charge < -0.3 is 16.0 Å². The maximum absolute atomic E-state index is 11.9. The third-order valence-corrected chi connectivity index (χ3v) is 4.12. The molecule has 0 saturated carbocycles. The summed E-state index contributed by atoms with van der Waals surface area (Å²) < 4.78 is 0. The van der Waals surface area contributed by atoms with E-state index in [1.165, 1.54) is 11.3 Å². The second-order valence-electron chi connectivity index (χ2n) is 4.76. The van der Waals surface area contributed by atoms with Gasteiger partial charge in [-0.05, 0) is 33.0 Å². The topological polar surface area (TPSA) is 71.2 Å². The van der Waals surface area contributed by atoms with Crippen molar-refractivity contribution in [1.82, 2.24) is 15.2 Å². The molecule has 2 rings (SSSR count). The molecule has 0 spiro atoms. The monoisotopic (exact) mass is 268 g/mol. The van der Waals surface area contributed by atoms with Gasteiger partial charge in [0.25, 0.3) is 0 Å². The smallest absolute Gasteiger partial charge is 0.226 e. The lowest BCUT2D eigenvalue weighted by Crippen LogP contribution is -2.43. The lowest BCUT2D eigenvalue weighted by molar-refractivity contribution is -0.121. The average Bonchev–Trinajstić information content (AvgIpc) is 2.79. The third kappa shape index (κ3) is 3.76. The second kappa shape index (κ2) is 6.26. The molecule has 1 aliphatic heterocycles. The number of nitrogens with one attached hydrogen (secondary N) is 1. The van der Waals surface area contributed by atoms with Crippen LogP contribution in [-0.4, -0.2) is 42.0 Å². The fraction of sp³-hybridized carbons (Fsp3) is 0.667. The van der Waals surface area contributed by atoms with Crippen LogP contribution >= 0.6 is 11.3 Å². The molecule has 2 heterocycles. The number of thiazole rings is 1. The van der Waals surface area contributed by atoms with Crippen LogP contribution in [0, 0.1) is 0 Å². The summed E-state index contributed by atoms with van der Waals surface area (Å²) in [6, 6.07) is 0.321. The van der Waals surface area contributed by atoms with Crippen molar-refractivity contribution >= 4 is 17.2 Å². The van der Waals surface area contributed by atoms with E-state index in [4.69, 9.17) is 5.73 Å². The van der Waals surface area contributed by atoms with Crippen molar-refractivity contribution in [3.8, 4) is 0 Å². The highest BCUT2D eigenvalue weighted by atomic mass is 32.1. The predicted octanol–water partition coefficient (Wildman–Crippen LogP) is 0.355. The molecule has 0 aromatic carbocycles. The van der Waals surface area contributed by atoms with Gasteiger partial charge in [-0.3, -0.25) is 4.79 Å². The largest absolute Gasteiger partial charge is 0.353 e. The number of hydrogen-bond acceptors (Lipinski definition) is 5. The second-order valence-corrected chi connectivity index (χ2v) is 5.70. The van der Waals surface area contributed by atoms with Gasteiger partial charge in [-0.25, -0.2) is 4.98 Å². The number of amides is 1. The zero-order chi connectivity index (χ0) is 13.0. The first-order valence-corrected chi connectivity index (χ1v) is 7.16. The molecule has 5 nitrogen and oxygen atoms in total. The van der Waals surface area contributed by atoms with Gasteiger partial charge in [0.2, 0.25) is 5.91 Å². The summed E-state index contributed by atoms with van der Waals surface area (Å²) in [6.45, 7) is 2.55. The van der Waals surface area contributed by atoms with Crippen LogP contribution in [0.5, 0.6) is 0 Å². The van der Waals surface area contributed by atoms with Crippen LogP contribution in [0.4, 0.5) is 0 Å². The van der Waals surface area contributed by atoms with E-state index in [-0.39, 0.29) is 5.91 Å². The van der Waals surface area contributed by atoms with E-state index in [0.29, 0.717) is 19.0 Å². The molecular formula is C12H20N4OS. The number of aromatic nitrogens is 1. The Bertz CT molecular complexity index is 399. The minimum atomic E-state index is 0.0680. The molecule has 1 saturated heterocycles. The molecule has 1 fully saturated rings. The van der Waals surface area contributed by atoms with Crippen molar-refractivity contribution in [3.05, 3.63) is 16.1 Å². The Labute approximate surface area is 111 Å². The summed E-state index contributed by atoms with van der Waals surface area (Å²) in [7, 11) is 2.11. The van der Waals surface area contributed by atoms with Crippen LogP contribution in [0.25, 0.3) is 0 Å². The fourth-order valence-corrected chi connectivity index (χ4v) is 2.79. The molecule has 0 bridgehead atoms. The number of nitrogens with zero attached hydrogens (tertiary/aromatic N) is 2. The van der Waals surface area contributed by atoms with Gasteiger partial charge in [-0.1, -0.05) is 0 Å². The molecule has 18 heavy (non-hydrogen) atoms. The number of carbonyl (C=O) groups excluding carboxylic acids is 1. The van der Waals surface area contributed by atoms with Crippen molar-refractivity contribution < 1.29 is 4.79 Å². The van der Waals surface area contributed by atoms with E-state index < -0.39 is 0 Å². The third-order valence-electron chi connectivity index (χ3n) is 3.20. The summed E-state index contributed by atoms with van der Waals surface area (Å²) >= 11 is 1.52. The molecule has 0 radical (unpaired) electrons. The van der Waals surface area contributed by atoms with Gasteiger partial charge in [-0.2, -0.15) is 0 Å². The van der Waals surface area contributed by atoms with E-state index in [1.54, 1.807) is 0 Å². The SMILES string of the molecule is CN1CCC(NC(=O)Cc2csc(CN)n2)CC1. The van der Waals surface area contributed by atoms with Gasteiger partial charge in [0.1, 0.15) is 5.01 Å². The highest BCUT2D eigenvalue weighted by Gasteiger charge is 2.18. The first kappa shape index (κ1) is 13.5. The number of piperidine rings is 1. The van der Waals surface area contributed by atoms with E-state index in [9.17, 15) is 4.79 Å². The summed E-state index contributed by atoms with van der Waals surface area (Å²) in [5.41, 5.74) is 6.32. The van der Waals surface area contributed by atoms with Crippen molar-refractivity contribution in [2.45, 2.75) is 31.8 Å². The first-order chi connectivity index (χ1) is 8.67. The average molecular weight is 268 g/mol. The van der Waals surface area contributed by atoms with Gasteiger partial charge in [0, 0.05) is 18.0 Å². The Morgan fingerprint density at radius 3 is 2.94 bits per heavy atom. The zero-order valence-corrected chi connectivity index (χ0v) is 11.5. The van der Waals surface area contributed by atoms with Crippen LogP contribution in [0.2, 0.25) is 0 Å². The molecule has 6 heteroatoms. The molecule has 100 valence electrons. The maximum Gasteiger partial charge on any atom is 0.226 e. The van der Waals surface area contributed by atoms with Gasteiger partial charge in [0.05, 0.1) is 12.1 Å². The normalized spacial score (nSPS) is 17.9.